The summed E-state index contributed by atoms with van der Waals surface area (Å²) in [6.45, 7) is 8.27. The molecule has 2 aliphatic rings. The van der Waals surface area contributed by atoms with E-state index in [1.165, 1.54) is 6.42 Å². The zero-order chi connectivity index (χ0) is 12.8. The third-order valence-corrected chi connectivity index (χ3v) is 4.52. The van der Waals surface area contributed by atoms with Crippen molar-refractivity contribution in [3.63, 3.8) is 0 Å². The van der Waals surface area contributed by atoms with Gasteiger partial charge in [0.15, 0.2) is 0 Å². The van der Waals surface area contributed by atoms with Gasteiger partial charge in [0.1, 0.15) is 5.76 Å². The van der Waals surface area contributed by atoms with Crippen molar-refractivity contribution in [1.29, 1.82) is 0 Å². The second kappa shape index (κ2) is 4.35. The van der Waals surface area contributed by atoms with Crippen molar-refractivity contribution in [2.45, 2.75) is 52.3 Å². The lowest BCUT2D eigenvalue weighted by Gasteiger charge is -2.54. The van der Waals surface area contributed by atoms with Gasteiger partial charge in [-0.2, -0.15) is 0 Å². The van der Waals surface area contributed by atoms with Crippen LogP contribution in [-0.2, 0) is 17.7 Å². The van der Waals surface area contributed by atoms with Crippen LogP contribution >= 0.6 is 0 Å². The highest BCUT2D eigenvalue weighted by atomic mass is 16.5. The molecule has 1 saturated heterocycles. The van der Waals surface area contributed by atoms with Crippen molar-refractivity contribution in [2.24, 2.45) is 11.3 Å². The molecule has 100 valence electrons. The van der Waals surface area contributed by atoms with Crippen LogP contribution in [0.2, 0.25) is 0 Å². The van der Waals surface area contributed by atoms with Crippen LogP contribution in [0.15, 0.2) is 10.6 Å². The van der Waals surface area contributed by atoms with Crippen molar-refractivity contribution in [2.75, 3.05) is 6.61 Å². The predicted octanol–water partition coefficient (Wildman–Crippen LogP) is 2.14. The lowest BCUT2D eigenvalue weighted by atomic mass is 9.57. The van der Waals surface area contributed by atoms with Crippen LogP contribution in [0.1, 0.15) is 38.8 Å². The first-order valence-corrected chi connectivity index (χ1v) is 6.91. The molecule has 0 spiro atoms. The molecule has 2 fully saturated rings. The Kier molecular flexibility index (Phi) is 2.94. The lowest BCUT2D eigenvalue weighted by molar-refractivity contribution is -0.113. The molecule has 4 nitrogen and oxygen atoms in total. The van der Waals surface area contributed by atoms with Crippen molar-refractivity contribution < 1.29 is 9.15 Å². The summed E-state index contributed by atoms with van der Waals surface area (Å²) in [6.07, 6.45) is 4.34. The van der Waals surface area contributed by atoms with E-state index in [-0.39, 0.29) is 5.41 Å². The number of nitrogens with one attached hydrogen (secondary N) is 1. The number of ether oxygens (including phenoxy) is 1. The zero-order valence-corrected chi connectivity index (χ0v) is 11.4. The Morgan fingerprint density at radius 1 is 1.50 bits per heavy atom. The van der Waals surface area contributed by atoms with Gasteiger partial charge in [-0.25, -0.2) is 4.98 Å². The summed E-state index contributed by atoms with van der Waals surface area (Å²) in [5.41, 5.74) is 0.224. The molecule has 0 amide bonds. The van der Waals surface area contributed by atoms with Crippen LogP contribution in [0, 0.1) is 11.3 Å². The van der Waals surface area contributed by atoms with Crippen molar-refractivity contribution in [1.82, 2.24) is 10.3 Å². The smallest absolute Gasteiger partial charge is 0.208 e. The van der Waals surface area contributed by atoms with Gasteiger partial charge >= 0.3 is 0 Å². The predicted molar refractivity (Wildman–Crippen MR) is 68.1 cm³/mol. The highest BCUT2D eigenvalue weighted by molar-refractivity contribution is 5.11. The van der Waals surface area contributed by atoms with Gasteiger partial charge in [-0.05, 0) is 6.42 Å². The maximum Gasteiger partial charge on any atom is 0.208 e. The summed E-state index contributed by atoms with van der Waals surface area (Å²) >= 11 is 0. The number of hydrogen-bond donors (Lipinski definition) is 1. The Hall–Kier alpha value is -0.870. The Bertz CT molecular complexity index is 427. The number of aryl methyl sites for hydroxylation is 1. The van der Waals surface area contributed by atoms with E-state index >= 15 is 0 Å². The van der Waals surface area contributed by atoms with Gasteiger partial charge in [-0.3, -0.25) is 0 Å². The van der Waals surface area contributed by atoms with E-state index in [0.717, 1.165) is 31.2 Å². The summed E-state index contributed by atoms with van der Waals surface area (Å²) in [7, 11) is 0. The van der Waals surface area contributed by atoms with Crippen LogP contribution in [0.5, 0.6) is 0 Å². The molecule has 3 unspecified atom stereocenters. The first-order chi connectivity index (χ1) is 8.63. The maximum absolute atomic E-state index is 5.79. The molecule has 0 aromatic carbocycles. The van der Waals surface area contributed by atoms with Gasteiger partial charge in [-0.1, -0.05) is 20.8 Å². The van der Waals surface area contributed by atoms with Crippen molar-refractivity contribution in [3.8, 4) is 0 Å². The number of rotatable bonds is 4. The second-order valence-electron chi connectivity index (χ2n) is 6.00. The number of oxazole rings is 1. The molecule has 1 N–H and O–H groups in total. The molecule has 0 radical (unpaired) electrons. The second-order valence-corrected chi connectivity index (χ2v) is 6.00. The minimum Gasteiger partial charge on any atom is -0.444 e. The van der Waals surface area contributed by atoms with E-state index in [9.17, 15) is 0 Å². The lowest BCUT2D eigenvalue weighted by Crippen LogP contribution is -2.65. The van der Waals surface area contributed by atoms with Gasteiger partial charge in [0.2, 0.25) is 5.89 Å². The SMILES string of the molecule is CCc1cnc(CNC2C3CCOC3C2(C)C)o1. The van der Waals surface area contributed by atoms with E-state index in [4.69, 9.17) is 9.15 Å². The molecule has 1 aromatic rings. The first kappa shape index (κ1) is 12.2. The summed E-state index contributed by atoms with van der Waals surface area (Å²) in [5.74, 6) is 2.42. The summed E-state index contributed by atoms with van der Waals surface area (Å²) in [5, 5.41) is 3.60. The van der Waals surface area contributed by atoms with E-state index < -0.39 is 0 Å². The summed E-state index contributed by atoms with van der Waals surface area (Å²) in [4.78, 5) is 4.29. The molecule has 3 atom stereocenters. The van der Waals surface area contributed by atoms with Gasteiger partial charge < -0.3 is 14.5 Å². The average molecular weight is 250 g/mol. The van der Waals surface area contributed by atoms with Crippen LogP contribution in [0.4, 0.5) is 0 Å². The number of fused-ring (bicyclic) bond motifs is 1. The zero-order valence-electron chi connectivity index (χ0n) is 11.4. The standard InChI is InChI=1S/C14H22N2O2/c1-4-9-7-15-11(18-9)8-16-12-10-5-6-17-13(10)14(12,2)3/h7,10,12-13,16H,4-6,8H2,1-3H3. The third-order valence-electron chi connectivity index (χ3n) is 4.52. The number of nitrogens with zero attached hydrogens (tertiary/aromatic N) is 1. The monoisotopic (exact) mass is 250 g/mol. The van der Waals surface area contributed by atoms with E-state index in [1.807, 2.05) is 6.20 Å². The fraction of sp³-hybridized carbons (Fsp3) is 0.786. The van der Waals surface area contributed by atoms with Crippen LogP contribution in [-0.4, -0.2) is 23.7 Å². The highest BCUT2D eigenvalue weighted by Crippen LogP contribution is 2.52. The topological polar surface area (TPSA) is 47.3 Å². The van der Waals surface area contributed by atoms with E-state index in [1.54, 1.807) is 0 Å². The molecular weight excluding hydrogens is 228 g/mol. The largest absolute Gasteiger partial charge is 0.444 e. The molecule has 1 aliphatic heterocycles. The first-order valence-electron chi connectivity index (χ1n) is 6.91. The highest BCUT2D eigenvalue weighted by Gasteiger charge is 2.58. The Labute approximate surface area is 108 Å². The van der Waals surface area contributed by atoms with Crippen LogP contribution in [0.25, 0.3) is 0 Å². The molecule has 3 rings (SSSR count). The fourth-order valence-electron chi connectivity index (χ4n) is 3.53. The van der Waals surface area contributed by atoms with E-state index in [0.29, 0.717) is 18.1 Å². The van der Waals surface area contributed by atoms with Gasteiger partial charge in [0.25, 0.3) is 0 Å². The normalized spacial score (nSPS) is 33.2. The molecule has 1 saturated carbocycles. The summed E-state index contributed by atoms with van der Waals surface area (Å²) in [6, 6.07) is 0.516. The molecule has 18 heavy (non-hydrogen) atoms. The molecule has 2 heterocycles. The Morgan fingerprint density at radius 2 is 2.33 bits per heavy atom. The van der Waals surface area contributed by atoms with Gasteiger partial charge in [-0.15, -0.1) is 0 Å². The molecule has 0 bridgehead atoms. The molecule has 1 aromatic heterocycles. The third kappa shape index (κ3) is 1.79. The number of aromatic nitrogens is 1. The minimum absolute atomic E-state index is 0.224. The maximum atomic E-state index is 5.79. The Balaban J connectivity index is 1.60. The Morgan fingerprint density at radius 3 is 3.06 bits per heavy atom. The minimum atomic E-state index is 0.224. The average Bonchev–Trinajstić information content (AvgIpc) is 2.96. The number of hydrogen-bond acceptors (Lipinski definition) is 4. The van der Waals surface area contributed by atoms with Crippen molar-refractivity contribution in [3.05, 3.63) is 17.8 Å². The van der Waals surface area contributed by atoms with Crippen molar-refractivity contribution >= 4 is 0 Å². The van der Waals surface area contributed by atoms with E-state index in [2.05, 4.69) is 31.1 Å². The fourth-order valence-corrected chi connectivity index (χ4v) is 3.53. The molecule has 4 heteroatoms. The van der Waals surface area contributed by atoms with Crippen LogP contribution in [0.3, 0.4) is 0 Å². The van der Waals surface area contributed by atoms with Gasteiger partial charge in [0, 0.05) is 30.4 Å². The molecule has 1 aliphatic carbocycles. The summed E-state index contributed by atoms with van der Waals surface area (Å²) < 4.78 is 11.4. The van der Waals surface area contributed by atoms with Crippen LogP contribution < -0.4 is 5.32 Å². The van der Waals surface area contributed by atoms with Gasteiger partial charge in [0.05, 0.1) is 18.8 Å². The quantitative estimate of drug-likeness (QED) is 0.889. The molecular formula is C14H22N2O2.